The van der Waals surface area contributed by atoms with Crippen LogP contribution in [0.5, 0.6) is 0 Å². The number of pyridine rings is 2. The summed E-state index contributed by atoms with van der Waals surface area (Å²) in [6, 6.07) is 2.95. The van der Waals surface area contributed by atoms with Gasteiger partial charge in [-0.25, -0.2) is 14.4 Å². The van der Waals surface area contributed by atoms with Crippen molar-refractivity contribution in [2.24, 2.45) is 5.92 Å². The number of rotatable bonds is 4. The lowest BCUT2D eigenvalue weighted by Crippen LogP contribution is -2.24. The lowest BCUT2D eigenvalue weighted by atomic mass is 10.0. The van der Waals surface area contributed by atoms with Gasteiger partial charge in [-0.1, -0.05) is 11.6 Å². The molecule has 0 radical (unpaired) electrons. The highest BCUT2D eigenvalue weighted by Gasteiger charge is 2.17. The smallest absolute Gasteiger partial charge is 0.150 e. The van der Waals surface area contributed by atoms with Crippen LogP contribution in [0.1, 0.15) is 12.8 Å². The molecule has 2 aromatic heterocycles. The molecule has 8 heteroatoms. The highest BCUT2D eigenvalue weighted by molar-refractivity contribution is 7.28. The van der Waals surface area contributed by atoms with Gasteiger partial charge in [0.05, 0.1) is 5.02 Å². The summed E-state index contributed by atoms with van der Waals surface area (Å²) in [7, 11) is 2.51. The van der Waals surface area contributed by atoms with Gasteiger partial charge >= 0.3 is 0 Å². The molecule has 0 spiro atoms. The van der Waals surface area contributed by atoms with Crippen LogP contribution in [0.2, 0.25) is 5.02 Å². The maximum absolute atomic E-state index is 14.4. The number of hydrogen-bond donors (Lipinski definition) is 2. The van der Waals surface area contributed by atoms with Crippen LogP contribution >= 0.6 is 20.8 Å². The fourth-order valence-corrected chi connectivity index (χ4v) is 3.17. The van der Waals surface area contributed by atoms with Crippen molar-refractivity contribution in [2.75, 3.05) is 30.8 Å². The number of nitrogen functional groups attached to an aromatic ring is 1. The van der Waals surface area contributed by atoms with Crippen LogP contribution < -0.4 is 16.4 Å². The van der Waals surface area contributed by atoms with Gasteiger partial charge in [0.2, 0.25) is 0 Å². The zero-order chi connectivity index (χ0) is 17.1. The van der Waals surface area contributed by atoms with Crippen LogP contribution in [-0.2, 0) is 4.74 Å². The van der Waals surface area contributed by atoms with Crippen LogP contribution in [0.15, 0.2) is 18.3 Å². The number of aromatic nitrogens is 2. The first kappa shape index (κ1) is 17.3. The second kappa shape index (κ2) is 7.60. The molecule has 0 aliphatic carbocycles. The van der Waals surface area contributed by atoms with E-state index in [4.69, 9.17) is 22.1 Å². The van der Waals surface area contributed by atoms with Crippen molar-refractivity contribution in [3.63, 3.8) is 0 Å². The second-order valence-corrected chi connectivity index (χ2v) is 6.81. The lowest BCUT2D eigenvalue weighted by molar-refractivity contribution is 0.0699. The minimum Gasteiger partial charge on any atom is -0.384 e. The van der Waals surface area contributed by atoms with E-state index in [1.54, 1.807) is 0 Å². The van der Waals surface area contributed by atoms with Crippen molar-refractivity contribution in [3.8, 4) is 11.3 Å². The topological polar surface area (TPSA) is 73.1 Å². The second-order valence-electron chi connectivity index (χ2n) is 5.78. The summed E-state index contributed by atoms with van der Waals surface area (Å²) in [5.41, 5.74) is 6.28. The van der Waals surface area contributed by atoms with Crippen LogP contribution in [0.3, 0.4) is 0 Å². The van der Waals surface area contributed by atoms with E-state index in [1.165, 1.54) is 18.3 Å². The van der Waals surface area contributed by atoms with Gasteiger partial charge in [0.1, 0.15) is 23.1 Å². The third-order valence-electron chi connectivity index (χ3n) is 4.04. The van der Waals surface area contributed by atoms with E-state index in [0.29, 0.717) is 27.6 Å². The average molecular weight is 369 g/mol. The van der Waals surface area contributed by atoms with E-state index in [0.717, 1.165) is 32.6 Å². The number of halogens is 2. The summed E-state index contributed by atoms with van der Waals surface area (Å²) >= 11 is 6.13. The van der Waals surface area contributed by atoms with Crippen molar-refractivity contribution >= 4 is 37.8 Å². The first-order valence-corrected chi connectivity index (χ1v) is 8.69. The molecule has 1 atom stereocenters. The number of ether oxygens (including phenoxy) is 1. The van der Waals surface area contributed by atoms with Gasteiger partial charge in [-0.2, -0.15) is 0 Å². The maximum atomic E-state index is 14.4. The fraction of sp³-hybridized carbons (Fsp3) is 0.375. The first-order chi connectivity index (χ1) is 11.5. The van der Waals surface area contributed by atoms with Gasteiger partial charge in [0.15, 0.2) is 0 Å². The van der Waals surface area contributed by atoms with Gasteiger partial charge in [0.25, 0.3) is 0 Å². The Labute approximate surface area is 147 Å². The van der Waals surface area contributed by atoms with Crippen molar-refractivity contribution in [1.82, 2.24) is 9.97 Å². The van der Waals surface area contributed by atoms with Crippen molar-refractivity contribution < 1.29 is 9.13 Å². The summed E-state index contributed by atoms with van der Waals surface area (Å²) in [6.45, 7) is 2.34. The molecule has 2 aromatic rings. The highest BCUT2D eigenvalue weighted by atomic mass is 35.5. The Morgan fingerprint density at radius 2 is 2.12 bits per heavy atom. The monoisotopic (exact) mass is 368 g/mol. The van der Waals surface area contributed by atoms with Crippen molar-refractivity contribution in [3.05, 3.63) is 29.2 Å². The number of nitrogens with two attached hydrogens (primary N) is 1. The Bertz CT molecular complexity index is 740. The van der Waals surface area contributed by atoms with E-state index in [9.17, 15) is 4.39 Å². The lowest BCUT2D eigenvalue weighted by Gasteiger charge is -2.23. The quantitative estimate of drug-likeness (QED) is 0.812. The SMILES string of the molecule is Nc1cc(-c2nc(NCC3CCOCC3)c(P)cc2F)c(Cl)cn1. The number of nitrogens with one attached hydrogen (secondary N) is 1. The molecular weight excluding hydrogens is 350 g/mol. The summed E-state index contributed by atoms with van der Waals surface area (Å²) in [6.07, 6.45) is 3.43. The Hall–Kier alpha value is -1.49. The molecule has 0 amide bonds. The Morgan fingerprint density at radius 3 is 2.88 bits per heavy atom. The molecule has 1 saturated heterocycles. The summed E-state index contributed by atoms with van der Waals surface area (Å²) in [5, 5.41) is 4.29. The van der Waals surface area contributed by atoms with Crippen LogP contribution in [0.4, 0.5) is 16.0 Å². The third-order valence-corrected chi connectivity index (χ3v) is 4.78. The zero-order valence-electron chi connectivity index (χ0n) is 13.1. The van der Waals surface area contributed by atoms with Gasteiger partial charge in [-0.05, 0) is 30.9 Å². The predicted molar refractivity (Wildman–Crippen MR) is 98.2 cm³/mol. The summed E-state index contributed by atoms with van der Waals surface area (Å²) in [4.78, 5) is 8.32. The molecule has 1 fully saturated rings. The molecule has 0 aromatic carbocycles. The predicted octanol–water partition coefficient (Wildman–Crippen LogP) is 2.86. The van der Waals surface area contributed by atoms with Crippen LogP contribution in [0, 0.1) is 11.7 Å². The average Bonchev–Trinajstić information content (AvgIpc) is 2.57. The van der Waals surface area contributed by atoms with Crippen LogP contribution in [-0.4, -0.2) is 29.7 Å². The van der Waals surface area contributed by atoms with Gasteiger partial charge in [0, 0.05) is 36.8 Å². The Kier molecular flexibility index (Phi) is 5.49. The summed E-state index contributed by atoms with van der Waals surface area (Å²) in [5.74, 6) is 0.958. The molecule has 3 N–H and O–H groups in total. The minimum atomic E-state index is -0.455. The number of hydrogen-bond acceptors (Lipinski definition) is 5. The Morgan fingerprint density at radius 1 is 1.38 bits per heavy atom. The van der Waals surface area contributed by atoms with Crippen molar-refractivity contribution in [2.45, 2.75) is 12.8 Å². The molecule has 1 unspecified atom stereocenters. The summed E-state index contributed by atoms with van der Waals surface area (Å²) < 4.78 is 19.7. The molecule has 3 heterocycles. The molecule has 128 valence electrons. The van der Waals surface area contributed by atoms with Gasteiger partial charge < -0.3 is 15.8 Å². The van der Waals surface area contributed by atoms with E-state index in [2.05, 4.69) is 24.5 Å². The highest BCUT2D eigenvalue weighted by Crippen LogP contribution is 2.30. The van der Waals surface area contributed by atoms with E-state index >= 15 is 0 Å². The number of nitrogens with zero attached hydrogens (tertiary/aromatic N) is 2. The van der Waals surface area contributed by atoms with Crippen LogP contribution in [0.25, 0.3) is 11.3 Å². The largest absolute Gasteiger partial charge is 0.384 e. The molecule has 0 saturated carbocycles. The molecule has 1 aliphatic heterocycles. The molecule has 24 heavy (non-hydrogen) atoms. The van der Waals surface area contributed by atoms with Gasteiger partial charge in [-0.15, -0.1) is 9.24 Å². The molecule has 0 bridgehead atoms. The first-order valence-electron chi connectivity index (χ1n) is 7.73. The third kappa shape index (κ3) is 3.94. The minimum absolute atomic E-state index is 0.162. The molecule has 1 aliphatic rings. The Balaban J connectivity index is 1.86. The van der Waals surface area contributed by atoms with E-state index < -0.39 is 5.82 Å². The van der Waals surface area contributed by atoms with Gasteiger partial charge in [-0.3, -0.25) is 0 Å². The van der Waals surface area contributed by atoms with E-state index in [1.807, 2.05) is 0 Å². The van der Waals surface area contributed by atoms with E-state index in [-0.39, 0.29) is 11.5 Å². The molecule has 5 nitrogen and oxygen atoms in total. The molecular formula is C16H19ClFN4OP. The zero-order valence-corrected chi connectivity index (χ0v) is 15.0. The number of anilines is 2. The standard InChI is InChI=1S/C16H19ClFN4OP/c17-11-8-20-14(19)5-10(11)15-12(18)6-13(24)16(22-15)21-7-9-1-3-23-4-2-9/h5-6,8-9H,1-4,7,24H2,(H2,19,20)(H,21,22). The molecule has 3 rings (SSSR count). The fourth-order valence-electron chi connectivity index (χ4n) is 2.66. The maximum Gasteiger partial charge on any atom is 0.150 e. The normalized spacial score (nSPS) is 15.5. The van der Waals surface area contributed by atoms with Crippen molar-refractivity contribution in [1.29, 1.82) is 0 Å².